The Kier molecular flexibility index (Phi) is 9.80. The van der Waals surface area contributed by atoms with Crippen LogP contribution in [0.4, 0.5) is 0 Å². The number of aliphatic hydroxyl groups excluding tert-OH is 2. The fourth-order valence-electron chi connectivity index (χ4n) is 1.10. The summed E-state index contributed by atoms with van der Waals surface area (Å²) in [4.78, 5) is 0. The third kappa shape index (κ3) is 8.18. The standard InChI is InChI=1S/C9H21NO3/c1-13-8-9(7-12)10-5-3-2-4-6-11/h9-12H,2-8H2,1H3. The van der Waals surface area contributed by atoms with Crippen molar-refractivity contribution in [2.24, 2.45) is 0 Å². The second-order valence-corrected chi connectivity index (χ2v) is 3.07. The quantitative estimate of drug-likeness (QED) is 0.440. The summed E-state index contributed by atoms with van der Waals surface area (Å²) in [6.45, 7) is 1.78. The van der Waals surface area contributed by atoms with Gasteiger partial charge in [-0.25, -0.2) is 0 Å². The smallest absolute Gasteiger partial charge is 0.0638 e. The molecule has 13 heavy (non-hydrogen) atoms. The molecule has 0 aliphatic heterocycles. The molecule has 0 fully saturated rings. The van der Waals surface area contributed by atoms with Crippen LogP contribution < -0.4 is 5.32 Å². The summed E-state index contributed by atoms with van der Waals surface area (Å²) in [5.74, 6) is 0. The molecule has 0 aromatic carbocycles. The summed E-state index contributed by atoms with van der Waals surface area (Å²) < 4.78 is 4.91. The molecule has 0 radical (unpaired) electrons. The third-order valence-corrected chi connectivity index (χ3v) is 1.86. The minimum absolute atomic E-state index is 0.0409. The molecule has 0 saturated heterocycles. The maximum Gasteiger partial charge on any atom is 0.0638 e. The zero-order valence-electron chi connectivity index (χ0n) is 8.33. The Morgan fingerprint density at radius 2 is 2.00 bits per heavy atom. The first kappa shape index (κ1) is 12.8. The Hall–Kier alpha value is -0.160. The monoisotopic (exact) mass is 191 g/mol. The molecule has 0 rings (SSSR count). The zero-order chi connectivity index (χ0) is 9.94. The van der Waals surface area contributed by atoms with Gasteiger partial charge in [0.25, 0.3) is 0 Å². The lowest BCUT2D eigenvalue weighted by atomic mass is 10.2. The van der Waals surface area contributed by atoms with Gasteiger partial charge in [0.2, 0.25) is 0 Å². The number of rotatable bonds is 9. The van der Waals surface area contributed by atoms with Gasteiger partial charge in [0.05, 0.1) is 19.3 Å². The Bertz CT molecular complexity index is 101. The summed E-state index contributed by atoms with van der Waals surface area (Å²) >= 11 is 0. The number of unbranched alkanes of at least 4 members (excludes halogenated alkanes) is 2. The molecule has 3 N–H and O–H groups in total. The van der Waals surface area contributed by atoms with E-state index < -0.39 is 0 Å². The lowest BCUT2D eigenvalue weighted by molar-refractivity contribution is 0.128. The van der Waals surface area contributed by atoms with Gasteiger partial charge >= 0.3 is 0 Å². The van der Waals surface area contributed by atoms with Gasteiger partial charge in [-0.1, -0.05) is 0 Å². The van der Waals surface area contributed by atoms with Crippen LogP contribution in [0.25, 0.3) is 0 Å². The van der Waals surface area contributed by atoms with Gasteiger partial charge in [0.15, 0.2) is 0 Å². The largest absolute Gasteiger partial charge is 0.396 e. The van der Waals surface area contributed by atoms with Gasteiger partial charge in [-0.15, -0.1) is 0 Å². The number of methoxy groups -OCH3 is 1. The van der Waals surface area contributed by atoms with E-state index >= 15 is 0 Å². The van der Waals surface area contributed by atoms with E-state index in [-0.39, 0.29) is 19.3 Å². The second-order valence-electron chi connectivity index (χ2n) is 3.07. The maximum absolute atomic E-state index is 8.88. The first-order valence-electron chi connectivity index (χ1n) is 4.79. The van der Waals surface area contributed by atoms with Gasteiger partial charge in [-0.2, -0.15) is 0 Å². The van der Waals surface area contributed by atoms with Crippen LogP contribution in [0.15, 0.2) is 0 Å². The van der Waals surface area contributed by atoms with Gasteiger partial charge in [-0.05, 0) is 25.8 Å². The first-order chi connectivity index (χ1) is 6.35. The number of aliphatic hydroxyl groups is 2. The molecule has 0 aliphatic rings. The third-order valence-electron chi connectivity index (χ3n) is 1.86. The van der Waals surface area contributed by atoms with Gasteiger partial charge in [-0.3, -0.25) is 0 Å². The summed E-state index contributed by atoms with van der Waals surface area (Å²) in [7, 11) is 1.62. The van der Waals surface area contributed by atoms with Crippen molar-refractivity contribution in [1.29, 1.82) is 0 Å². The molecule has 0 amide bonds. The second kappa shape index (κ2) is 9.92. The molecular weight excluding hydrogens is 170 g/mol. The predicted molar refractivity (Wildman–Crippen MR) is 51.7 cm³/mol. The van der Waals surface area contributed by atoms with E-state index in [1.54, 1.807) is 7.11 Å². The molecular formula is C9H21NO3. The van der Waals surface area contributed by atoms with Crippen LogP contribution in [-0.2, 0) is 4.74 Å². The molecule has 0 aromatic heterocycles. The lowest BCUT2D eigenvalue weighted by Gasteiger charge is -2.14. The zero-order valence-corrected chi connectivity index (χ0v) is 8.33. The predicted octanol–water partition coefficient (Wildman–Crippen LogP) is -0.254. The van der Waals surface area contributed by atoms with Crippen molar-refractivity contribution in [3.8, 4) is 0 Å². The molecule has 0 aromatic rings. The van der Waals surface area contributed by atoms with Crippen molar-refractivity contribution in [3.05, 3.63) is 0 Å². The number of hydrogen-bond acceptors (Lipinski definition) is 4. The Morgan fingerprint density at radius 3 is 2.54 bits per heavy atom. The highest BCUT2D eigenvalue weighted by Gasteiger charge is 2.04. The minimum atomic E-state index is 0.0409. The fourth-order valence-corrected chi connectivity index (χ4v) is 1.10. The highest BCUT2D eigenvalue weighted by molar-refractivity contribution is 4.63. The highest BCUT2D eigenvalue weighted by atomic mass is 16.5. The van der Waals surface area contributed by atoms with E-state index in [2.05, 4.69) is 5.32 Å². The van der Waals surface area contributed by atoms with Crippen molar-refractivity contribution >= 4 is 0 Å². The molecule has 80 valence electrons. The normalized spacial score (nSPS) is 13.2. The Morgan fingerprint density at radius 1 is 1.23 bits per heavy atom. The van der Waals surface area contributed by atoms with E-state index in [4.69, 9.17) is 14.9 Å². The average molecular weight is 191 g/mol. The first-order valence-corrected chi connectivity index (χ1v) is 4.79. The van der Waals surface area contributed by atoms with Crippen LogP contribution in [0, 0.1) is 0 Å². The van der Waals surface area contributed by atoms with Crippen LogP contribution in [0.2, 0.25) is 0 Å². The Balaban J connectivity index is 3.17. The maximum atomic E-state index is 8.88. The van der Waals surface area contributed by atoms with Crippen LogP contribution >= 0.6 is 0 Å². The van der Waals surface area contributed by atoms with Crippen LogP contribution in [0.1, 0.15) is 19.3 Å². The molecule has 0 bridgehead atoms. The fraction of sp³-hybridized carbons (Fsp3) is 1.00. The van der Waals surface area contributed by atoms with E-state index in [0.29, 0.717) is 6.61 Å². The SMILES string of the molecule is COCC(CO)NCCCCCO. The average Bonchev–Trinajstić information content (AvgIpc) is 2.16. The number of ether oxygens (including phenoxy) is 1. The van der Waals surface area contributed by atoms with Crippen LogP contribution in [-0.4, -0.2) is 49.7 Å². The van der Waals surface area contributed by atoms with Crippen molar-refractivity contribution in [3.63, 3.8) is 0 Å². The van der Waals surface area contributed by atoms with E-state index in [1.807, 2.05) is 0 Å². The molecule has 1 unspecified atom stereocenters. The number of nitrogens with one attached hydrogen (secondary N) is 1. The van der Waals surface area contributed by atoms with Crippen molar-refractivity contribution < 1.29 is 14.9 Å². The van der Waals surface area contributed by atoms with Crippen molar-refractivity contribution in [2.45, 2.75) is 25.3 Å². The molecule has 4 nitrogen and oxygen atoms in total. The molecule has 1 atom stereocenters. The van der Waals surface area contributed by atoms with Gasteiger partial charge < -0.3 is 20.3 Å². The molecule has 0 saturated carbocycles. The summed E-state index contributed by atoms with van der Waals surface area (Å²) in [6.07, 6.45) is 2.91. The summed E-state index contributed by atoms with van der Waals surface area (Å²) in [6, 6.07) is 0.0409. The molecule has 4 heteroatoms. The number of hydrogen-bond donors (Lipinski definition) is 3. The topological polar surface area (TPSA) is 61.7 Å². The van der Waals surface area contributed by atoms with E-state index in [0.717, 1.165) is 25.8 Å². The summed E-state index contributed by atoms with van der Waals surface area (Å²) in [5, 5.41) is 20.6. The van der Waals surface area contributed by atoms with Crippen LogP contribution in [0.3, 0.4) is 0 Å². The van der Waals surface area contributed by atoms with E-state index in [9.17, 15) is 0 Å². The molecule has 0 spiro atoms. The summed E-state index contributed by atoms with van der Waals surface area (Å²) in [5.41, 5.74) is 0. The molecule has 0 heterocycles. The molecule has 0 aliphatic carbocycles. The highest BCUT2D eigenvalue weighted by Crippen LogP contribution is 1.93. The lowest BCUT2D eigenvalue weighted by Crippen LogP contribution is -2.36. The Labute approximate surface area is 79.9 Å². The van der Waals surface area contributed by atoms with Gasteiger partial charge in [0, 0.05) is 13.7 Å². The van der Waals surface area contributed by atoms with E-state index in [1.165, 1.54) is 0 Å². The van der Waals surface area contributed by atoms with Crippen molar-refractivity contribution in [1.82, 2.24) is 5.32 Å². The van der Waals surface area contributed by atoms with Crippen LogP contribution in [0.5, 0.6) is 0 Å². The minimum Gasteiger partial charge on any atom is -0.396 e. The van der Waals surface area contributed by atoms with Gasteiger partial charge in [0.1, 0.15) is 0 Å². The van der Waals surface area contributed by atoms with Crippen molar-refractivity contribution in [2.75, 3.05) is 33.5 Å².